The molecule has 0 aliphatic carbocycles. The molecule has 3 aromatic rings. The first-order valence-corrected chi connectivity index (χ1v) is 6.07. The van der Waals surface area contributed by atoms with Gasteiger partial charge in [0.05, 0.1) is 16.7 Å². The van der Waals surface area contributed by atoms with Crippen LogP contribution in [0.3, 0.4) is 0 Å². The van der Waals surface area contributed by atoms with Crippen LogP contribution in [0.2, 0.25) is 0 Å². The topological polar surface area (TPSA) is 29.9 Å². The average molecular weight is 288 g/mol. The van der Waals surface area contributed by atoms with Gasteiger partial charge in [-0.15, -0.1) is 0 Å². The predicted octanol–water partition coefficient (Wildman–Crippen LogP) is 3.67. The Morgan fingerprint density at radius 2 is 1.76 bits per heavy atom. The van der Waals surface area contributed by atoms with Gasteiger partial charge >= 0.3 is 0 Å². The molecule has 0 saturated heterocycles. The van der Waals surface area contributed by atoms with E-state index in [1.54, 1.807) is 6.33 Å². The molecule has 1 aromatic heterocycles. The van der Waals surface area contributed by atoms with Crippen molar-refractivity contribution in [1.82, 2.24) is 9.66 Å². The number of nitrogens with one attached hydrogen (secondary N) is 1. The van der Waals surface area contributed by atoms with Crippen molar-refractivity contribution >= 4 is 32.7 Å². The van der Waals surface area contributed by atoms with Crippen molar-refractivity contribution in [3.8, 4) is 0 Å². The van der Waals surface area contributed by atoms with Crippen LogP contribution in [0.4, 0.5) is 5.69 Å². The first-order valence-electron chi connectivity index (χ1n) is 5.28. The summed E-state index contributed by atoms with van der Waals surface area (Å²) in [7, 11) is 0. The molecule has 0 atom stereocenters. The Morgan fingerprint density at radius 3 is 2.65 bits per heavy atom. The summed E-state index contributed by atoms with van der Waals surface area (Å²) >= 11 is 3.51. The maximum atomic E-state index is 4.33. The number of halogens is 1. The highest BCUT2D eigenvalue weighted by atomic mass is 79.9. The smallest absolute Gasteiger partial charge is 0.116 e. The fourth-order valence-electron chi connectivity index (χ4n) is 1.73. The molecule has 0 spiro atoms. The molecule has 4 heteroatoms. The third kappa shape index (κ3) is 1.91. The maximum absolute atomic E-state index is 4.33. The quantitative estimate of drug-likeness (QED) is 0.779. The molecular weight excluding hydrogens is 278 g/mol. The van der Waals surface area contributed by atoms with E-state index in [-0.39, 0.29) is 0 Å². The summed E-state index contributed by atoms with van der Waals surface area (Å²) < 4.78 is 2.94. The van der Waals surface area contributed by atoms with Gasteiger partial charge in [-0.05, 0) is 40.2 Å². The van der Waals surface area contributed by atoms with Crippen LogP contribution in [0.25, 0.3) is 11.0 Å². The van der Waals surface area contributed by atoms with Crippen molar-refractivity contribution < 1.29 is 0 Å². The van der Waals surface area contributed by atoms with E-state index in [9.17, 15) is 0 Å². The van der Waals surface area contributed by atoms with E-state index in [2.05, 4.69) is 26.3 Å². The zero-order chi connectivity index (χ0) is 11.7. The lowest BCUT2D eigenvalue weighted by Crippen LogP contribution is -2.07. The van der Waals surface area contributed by atoms with Gasteiger partial charge in [0.1, 0.15) is 6.33 Å². The van der Waals surface area contributed by atoms with E-state index in [0.29, 0.717) is 0 Å². The van der Waals surface area contributed by atoms with Crippen LogP contribution in [0.5, 0.6) is 0 Å². The van der Waals surface area contributed by atoms with Crippen LogP contribution in [-0.4, -0.2) is 9.66 Å². The Kier molecular flexibility index (Phi) is 2.57. The van der Waals surface area contributed by atoms with Gasteiger partial charge in [0.15, 0.2) is 0 Å². The van der Waals surface area contributed by atoms with E-state index < -0.39 is 0 Å². The SMILES string of the molecule is Brc1ccccc1Nn1cnc2ccccc21. The molecule has 0 aliphatic heterocycles. The molecule has 0 bridgehead atoms. The third-order valence-corrected chi connectivity index (χ3v) is 3.26. The maximum Gasteiger partial charge on any atom is 0.116 e. The Balaban J connectivity index is 2.03. The Hall–Kier alpha value is -1.81. The molecule has 17 heavy (non-hydrogen) atoms. The lowest BCUT2D eigenvalue weighted by molar-refractivity contribution is 0.987. The van der Waals surface area contributed by atoms with Crippen LogP contribution in [0.1, 0.15) is 0 Å². The third-order valence-electron chi connectivity index (χ3n) is 2.57. The minimum absolute atomic E-state index is 0.979. The number of nitrogens with zero attached hydrogens (tertiary/aromatic N) is 2. The number of para-hydroxylation sites is 3. The van der Waals surface area contributed by atoms with Crippen LogP contribution in [-0.2, 0) is 0 Å². The van der Waals surface area contributed by atoms with Crippen molar-refractivity contribution in [3.63, 3.8) is 0 Å². The van der Waals surface area contributed by atoms with E-state index >= 15 is 0 Å². The lowest BCUT2D eigenvalue weighted by atomic mass is 10.3. The Labute approximate surface area is 107 Å². The summed E-state index contributed by atoms with van der Waals surface area (Å²) in [5.41, 5.74) is 6.35. The first-order chi connectivity index (χ1) is 8.34. The molecular formula is C13H10BrN3. The molecule has 1 heterocycles. The number of rotatable bonds is 2. The summed E-state index contributed by atoms with van der Waals surface area (Å²) in [6.45, 7) is 0. The fourth-order valence-corrected chi connectivity index (χ4v) is 2.10. The van der Waals surface area contributed by atoms with Gasteiger partial charge in [0, 0.05) is 4.47 Å². The van der Waals surface area contributed by atoms with E-state index in [1.165, 1.54) is 0 Å². The molecule has 1 N–H and O–H groups in total. The summed E-state index contributed by atoms with van der Waals surface area (Å²) in [5, 5.41) is 0. The van der Waals surface area contributed by atoms with Gasteiger partial charge in [-0.3, -0.25) is 5.43 Å². The van der Waals surface area contributed by atoms with Gasteiger partial charge in [0.2, 0.25) is 0 Å². The molecule has 2 aromatic carbocycles. The molecule has 0 radical (unpaired) electrons. The highest BCUT2D eigenvalue weighted by Crippen LogP contribution is 2.22. The molecule has 0 fully saturated rings. The number of imidazole rings is 1. The minimum Gasteiger partial charge on any atom is -0.292 e. The zero-order valence-electron chi connectivity index (χ0n) is 8.97. The summed E-state index contributed by atoms with van der Waals surface area (Å²) in [5.74, 6) is 0. The van der Waals surface area contributed by atoms with Crippen molar-refractivity contribution in [1.29, 1.82) is 0 Å². The summed E-state index contributed by atoms with van der Waals surface area (Å²) in [6, 6.07) is 16.0. The Morgan fingerprint density at radius 1 is 1.00 bits per heavy atom. The summed E-state index contributed by atoms with van der Waals surface area (Å²) in [4.78, 5) is 4.33. The Bertz CT molecular complexity index is 660. The molecule has 0 unspecified atom stereocenters. The van der Waals surface area contributed by atoms with Crippen LogP contribution < -0.4 is 5.43 Å². The van der Waals surface area contributed by atoms with E-state index in [4.69, 9.17) is 0 Å². The largest absolute Gasteiger partial charge is 0.292 e. The van der Waals surface area contributed by atoms with Crippen molar-refractivity contribution in [2.24, 2.45) is 0 Å². The predicted molar refractivity (Wildman–Crippen MR) is 72.9 cm³/mol. The highest BCUT2D eigenvalue weighted by Gasteiger charge is 2.02. The second kappa shape index (κ2) is 4.22. The van der Waals surface area contributed by atoms with E-state index in [0.717, 1.165) is 21.2 Å². The fraction of sp³-hybridized carbons (Fsp3) is 0. The minimum atomic E-state index is 0.979. The van der Waals surface area contributed by atoms with Crippen molar-refractivity contribution in [2.75, 3.05) is 5.43 Å². The molecule has 3 rings (SSSR count). The normalized spacial score (nSPS) is 10.6. The van der Waals surface area contributed by atoms with Gasteiger partial charge in [0.25, 0.3) is 0 Å². The second-order valence-electron chi connectivity index (χ2n) is 3.69. The van der Waals surface area contributed by atoms with Gasteiger partial charge in [-0.2, -0.15) is 0 Å². The van der Waals surface area contributed by atoms with Crippen molar-refractivity contribution in [3.05, 3.63) is 59.3 Å². The van der Waals surface area contributed by atoms with Crippen molar-refractivity contribution in [2.45, 2.75) is 0 Å². The average Bonchev–Trinajstić information content (AvgIpc) is 2.76. The number of aromatic nitrogens is 2. The monoisotopic (exact) mass is 287 g/mol. The molecule has 84 valence electrons. The van der Waals surface area contributed by atoms with Gasteiger partial charge in [-0.25, -0.2) is 9.66 Å². The zero-order valence-corrected chi connectivity index (χ0v) is 10.6. The van der Waals surface area contributed by atoms with Gasteiger partial charge in [-0.1, -0.05) is 24.3 Å². The lowest BCUT2D eigenvalue weighted by Gasteiger charge is -2.09. The summed E-state index contributed by atoms with van der Waals surface area (Å²) in [6.07, 6.45) is 1.78. The van der Waals surface area contributed by atoms with Crippen LogP contribution >= 0.6 is 15.9 Å². The molecule has 0 aliphatic rings. The molecule has 0 amide bonds. The number of fused-ring (bicyclic) bond motifs is 1. The first kappa shape index (κ1) is 10.4. The standard InChI is InChI=1S/C13H10BrN3/c14-10-5-1-2-6-11(10)16-17-9-15-12-7-3-4-8-13(12)17/h1-9,16H. The molecule has 3 nitrogen and oxygen atoms in total. The number of anilines is 1. The highest BCUT2D eigenvalue weighted by molar-refractivity contribution is 9.10. The molecule has 0 saturated carbocycles. The second-order valence-corrected chi connectivity index (χ2v) is 4.55. The van der Waals surface area contributed by atoms with E-state index in [1.807, 2.05) is 53.2 Å². The number of benzene rings is 2. The van der Waals surface area contributed by atoms with Crippen LogP contribution in [0.15, 0.2) is 59.3 Å². The van der Waals surface area contributed by atoms with Crippen LogP contribution in [0, 0.1) is 0 Å². The van der Waals surface area contributed by atoms with Gasteiger partial charge < -0.3 is 0 Å². The number of hydrogen-bond donors (Lipinski definition) is 1. The number of hydrogen-bond acceptors (Lipinski definition) is 2.